The van der Waals surface area contributed by atoms with Crippen molar-refractivity contribution in [2.24, 2.45) is 0 Å². The zero-order valence-corrected chi connectivity index (χ0v) is 7.73. The van der Waals surface area contributed by atoms with Gasteiger partial charge in [-0.3, -0.25) is 5.41 Å². The van der Waals surface area contributed by atoms with E-state index in [1.54, 1.807) is 24.3 Å². The first-order valence-corrected chi connectivity index (χ1v) is 3.83. The Balaban J connectivity index is 4.45. The predicted octanol–water partition coefficient (Wildman–Crippen LogP) is 1.77. The van der Waals surface area contributed by atoms with Crippen molar-refractivity contribution in [2.75, 3.05) is 0 Å². The van der Waals surface area contributed by atoms with Crippen LogP contribution in [0.25, 0.3) is 0 Å². The number of allylic oxidation sites excluding steroid dienone is 7. The lowest BCUT2D eigenvalue weighted by molar-refractivity contribution is 1.46. The Hall–Kier alpha value is -2.86. The standard InChI is InChI=1S/C11H6N4/c12-6-10(7-13)4-2-1-3-5-11(8-14)9-15/h1-5,12H. The van der Waals surface area contributed by atoms with Crippen molar-refractivity contribution < 1.29 is 0 Å². The van der Waals surface area contributed by atoms with Gasteiger partial charge in [0.25, 0.3) is 0 Å². The van der Waals surface area contributed by atoms with Gasteiger partial charge >= 0.3 is 0 Å². The van der Waals surface area contributed by atoms with E-state index in [0.717, 1.165) is 0 Å². The first-order chi connectivity index (χ1) is 7.28. The molecular formula is C11H6N4. The summed E-state index contributed by atoms with van der Waals surface area (Å²) in [6.45, 7) is 0. The summed E-state index contributed by atoms with van der Waals surface area (Å²) in [4.78, 5) is 0. The van der Waals surface area contributed by atoms with Crippen LogP contribution in [0.3, 0.4) is 0 Å². The van der Waals surface area contributed by atoms with Crippen molar-refractivity contribution in [2.45, 2.75) is 0 Å². The van der Waals surface area contributed by atoms with E-state index in [1.807, 2.05) is 5.87 Å². The highest BCUT2D eigenvalue weighted by molar-refractivity contribution is 5.65. The minimum Gasteiger partial charge on any atom is -0.258 e. The van der Waals surface area contributed by atoms with E-state index in [2.05, 4.69) is 0 Å². The number of nitrogens with zero attached hydrogens (tertiary/aromatic N) is 3. The van der Waals surface area contributed by atoms with E-state index < -0.39 is 0 Å². The third-order valence-electron chi connectivity index (χ3n) is 1.24. The number of nitriles is 3. The van der Waals surface area contributed by atoms with Gasteiger partial charge < -0.3 is 0 Å². The van der Waals surface area contributed by atoms with Gasteiger partial charge in [-0.25, -0.2) is 0 Å². The minimum atomic E-state index is 0.00255. The van der Waals surface area contributed by atoms with Crippen LogP contribution in [0, 0.1) is 39.4 Å². The van der Waals surface area contributed by atoms with Crippen LogP contribution >= 0.6 is 0 Å². The smallest absolute Gasteiger partial charge is 0.129 e. The summed E-state index contributed by atoms with van der Waals surface area (Å²) in [6, 6.07) is 5.15. The summed E-state index contributed by atoms with van der Waals surface area (Å²) in [6.07, 6.45) is 7.31. The minimum absolute atomic E-state index is 0.00255. The van der Waals surface area contributed by atoms with E-state index in [1.165, 1.54) is 24.3 Å². The van der Waals surface area contributed by atoms with Crippen LogP contribution in [0.5, 0.6) is 0 Å². The lowest BCUT2D eigenvalue weighted by atomic mass is 10.2. The largest absolute Gasteiger partial charge is 0.258 e. The molecule has 0 saturated carbocycles. The fraction of sp³-hybridized carbons (Fsp3) is 0. The molecule has 0 atom stereocenters. The van der Waals surface area contributed by atoms with E-state index >= 15 is 0 Å². The first kappa shape index (κ1) is 12.1. The average molecular weight is 194 g/mol. The normalized spacial score (nSPS) is 8.60. The van der Waals surface area contributed by atoms with E-state index in [4.69, 9.17) is 21.2 Å². The van der Waals surface area contributed by atoms with Gasteiger partial charge in [0.2, 0.25) is 0 Å². The summed E-state index contributed by atoms with van der Waals surface area (Å²) in [5, 5.41) is 31.8. The van der Waals surface area contributed by atoms with Crippen molar-refractivity contribution >= 4 is 5.87 Å². The van der Waals surface area contributed by atoms with Gasteiger partial charge in [0, 0.05) is 0 Å². The molecule has 0 aliphatic heterocycles. The second-order valence-corrected chi connectivity index (χ2v) is 2.20. The molecule has 4 heteroatoms. The van der Waals surface area contributed by atoms with E-state index in [0.29, 0.717) is 0 Å². The van der Waals surface area contributed by atoms with Crippen LogP contribution in [-0.4, -0.2) is 5.87 Å². The van der Waals surface area contributed by atoms with Gasteiger partial charge in [0.05, 0.1) is 0 Å². The van der Waals surface area contributed by atoms with Crippen LogP contribution in [0.2, 0.25) is 0 Å². The molecule has 0 heterocycles. The summed E-state index contributed by atoms with van der Waals surface area (Å²) < 4.78 is 0. The molecule has 0 aromatic carbocycles. The van der Waals surface area contributed by atoms with Crippen molar-refractivity contribution in [1.29, 1.82) is 21.2 Å². The Morgan fingerprint density at radius 2 is 1.60 bits per heavy atom. The molecule has 1 N–H and O–H groups in total. The highest BCUT2D eigenvalue weighted by atomic mass is 14.3. The van der Waals surface area contributed by atoms with Crippen LogP contribution in [-0.2, 0) is 0 Å². The Kier molecular flexibility index (Phi) is 6.29. The van der Waals surface area contributed by atoms with Gasteiger partial charge in [-0.1, -0.05) is 18.2 Å². The molecule has 0 spiro atoms. The second-order valence-electron chi connectivity index (χ2n) is 2.20. The van der Waals surface area contributed by atoms with Gasteiger partial charge in [0.15, 0.2) is 0 Å². The molecule has 0 aliphatic carbocycles. The zero-order valence-electron chi connectivity index (χ0n) is 7.73. The van der Waals surface area contributed by atoms with Crippen molar-refractivity contribution in [3.05, 3.63) is 41.5 Å². The molecular weight excluding hydrogens is 188 g/mol. The number of rotatable bonds is 3. The number of hydrogen-bond donors (Lipinski definition) is 1. The maximum Gasteiger partial charge on any atom is 0.129 e. The molecule has 70 valence electrons. The molecule has 0 unspecified atom stereocenters. The fourth-order valence-corrected chi connectivity index (χ4v) is 0.574. The van der Waals surface area contributed by atoms with Crippen molar-refractivity contribution in [3.63, 3.8) is 0 Å². The molecule has 0 fully saturated rings. The Bertz CT molecular complexity index is 464. The Morgan fingerprint density at radius 3 is 2.07 bits per heavy atom. The topological polar surface area (TPSA) is 95.2 Å². The third-order valence-corrected chi connectivity index (χ3v) is 1.24. The molecule has 4 nitrogen and oxygen atoms in total. The maximum atomic E-state index is 8.40. The first-order valence-electron chi connectivity index (χ1n) is 3.83. The second kappa shape index (κ2) is 7.77. The summed E-state index contributed by atoms with van der Waals surface area (Å²) in [5.41, 5.74) is 0.104. The summed E-state index contributed by atoms with van der Waals surface area (Å²) in [5.74, 6) is 1.94. The summed E-state index contributed by atoms with van der Waals surface area (Å²) in [7, 11) is 0. The molecule has 0 bridgehead atoms. The highest BCUT2D eigenvalue weighted by Crippen LogP contribution is 1.92. The average Bonchev–Trinajstić information content (AvgIpc) is 2.29. The lowest BCUT2D eigenvalue weighted by Gasteiger charge is -1.77. The molecule has 0 aromatic rings. The van der Waals surface area contributed by atoms with Gasteiger partial charge in [-0.15, -0.1) is 0 Å². The SMILES string of the molecule is N#CC(=C=N)C=CC=CC=C(C#N)C#N. The van der Waals surface area contributed by atoms with E-state index in [9.17, 15) is 0 Å². The molecule has 0 rings (SSSR count). The van der Waals surface area contributed by atoms with E-state index in [-0.39, 0.29) is 11.1 Å². The molecule has 0 amide bonds. The monoisotopic (exact) mass is 194 g/mol. The maximum absolute atomic E-state index is 8.40. The zero-order chi connectivity index (χ0) is 11.5. The van der Waals surface area contributed by atoms with Crippen LogP contribution in [0.15, 0.2) is 41.5 Å². The Morgan fingerprint density at radius 1 is 0.933 bits per heavy atom. The quantitative estimate of drug-likeness (QED) is 0.421. The third kappa shape index (κ3) is 5.39. The van der Waals surface area contributed by atoms with Crippen LogP contribution < -0.4 is 0 Å². The van der Waals surface area contributed by atoms with Crippen LogP contribution in [0.1, 0.15) is 0 Å². The molecule has 0 aliphatic rings. The van der Waals surface area contributed by atoms with Gasteiger partial charge in [0.1, 0.15) is 29.4 Å². The predicted molar refractivity (Wildman–Crippen MR) is 54.4 cm³/mol. The van der Waals surface area contributed by atoms with Gasteiger partial charge in [-0.2, -0.15) is 15.8 Å². The molecule has 15 heavy (non-hydrogen) atoms. The molecule has 0 saturated heterocycles. The summed E-state index contributed by atoms with van der Waals surface area (Å²) >= 11 is 0. The highest BCUT2D eigenvalue weighted by Gasteiger charge is 1.85. The number of hydrogen-bond acceptors (Lipinski definition) is 4. The Labute approximate surface area is 87.5 Å². The molecule has 0 radical (unpaired) electrons. The van der Waals surface area contributed by atoms with Crippen molar-refractivity contribution in [3.8, 4) is 18.2 Å². The van der Waals surface area contributed by atoms with Crippen LogP contribution in [0.4, 0.5) is 0 Å². The van der Waals surface area contributed by atoms with Gasteiger partial charge in [-0.05, 0) is 18.0 Å². The lowest BCUT2D eigenvalue weighted by Crippen LogP contribution is -1.69. The number of nitrogens with one attached hydrogen (secondary N) is 1. The van der Waals surface area contributed by atoms with Crippen molar-refractivity contribution in [1.82, 2.24) is 0 Å². The molecule has 0 aromatic heterocycles. The fourth-order valence-electron chi connectivity index (χ4n) is 0.574.